The normalized spacial score (nSPS) is 12.4. The zero-order chi connectivity index (χ0) is 14.1. The highest BCUT2D eigenvalue weighted by atomic mass is 16.2. The summed E-state index contributed by atoms with van der Waals surface area (Å²) in [5.41, 5.74) is 5.75. The molecule has 1 aromatic rings. The Hall–Kier alpha value is -2.62. The summed E-state index contributed by atoms with van der Waals surface area (Å²) in [5, 5.41) is 2.09. The molecule has 0 radical (unpaired) electrons. The van der Waals surface area contributed by atoms with E-state index in [2.05, 4.69) is 11.9 Å². The number of nitrogens with one attached hydrogen (secondary N) is 1. The van der Waals surface area contributed by atoms with Crippen molar-refractivity contribution in [3.05, 3.63) is 72.9 Å². The first-order valence-electron chi connectivity index (χ1n) is 5.76. The van der Waals surface area contributed by atoms with Gasteiger partial charge in [-0.2, -0.15) is 0 Å². The lowest BCUT2D eigenvalue weighted by molar-refractivity contribution is -0.120. The van der Waals surface area contributed by atoms with E-state index in [1.165, 1.54) is 0 Å². The second-order valence-electron chi connectivity index (χ2n) is 3.75. The van der Waals surface area contributed by atoms with Gasteiger partial charge in [0.15, 0.2) is 0 Å². The Balaban J connectivity index is 2.94. The van der Waals surface area contributed by atoms with Gasteiger partial charge in [-0.05, 0) is 5.56 Å². The van der Waals surface area contributed by atoms with Crippen LogP contribution >= 0.6 is 0 Å². The van der Waals surface area contributed by atoms with E-state index in [0.29, 0.717) is 0 Å². The van der Waals surface area contributed by atoms with Crippen molar-refractivity contribution in [1.29, 1.82) is 0 Å². The molecule has 0 bridgehead atoms. The molecule has 0 saturated heterocycles. The van der Waals surface area contributed by atoms with Crippen LogP contribution in [-0.2, 0) is 4.79 Å². The van der Waals surface area contributed by atoms with Crippen LogP contribution < -0.4 is 11.1 Å². The predicted octanol–water partition coefficient (Wildman–Crippen LogP) is 2.26. The van der Waals surface area contributed by atoms with E-state index in [-0.39, 0.29) is 0 Å². The summed E-state index contributed by atoms with van der Waals surface area (Å²) in [6.07, 6.45) is 8.53. The molecule has 0 spiro atoms. The maximum atomic E-state index is 11.9. The number of hydrogen-bond donors (Lipinski definition) is 2. The average Bonchev–Trinajstić information content (AvgIpc) is 2.39. The van der Waals surface area contributed by atoms with Crippen LogP contribution in [0.15, 0.2) is 67.3 Å². The Morgan fingerprint density at radius 2 is 1.84 bits per heavy atom. The van der Waals surface area contributed by atoms with Gasteiger partial charge in [0.05, 0.1) is 5.92 Å². The highest BCUT2D eigenvalue weighted by Gasteiger charge is 2.18. The summed E-state index contributed by atoms with van der Waals surface area (Å²) in [5.74, 6) is -1.02. The Kier molecular flexibility index (Phi) is 5.82. The molecule has 1 unspecified atom stereocenters. The summed E-state index contributed by atoms with van der Waals surface area (Å²) in [6.45, 7) is 3.55. The van der Waals surface area contributed by atoms with Gasteiger partial charge in [0.2, 0.25) is 5.91 Å². The van der Waals surface area contributed by atoms with Gasteiger partial charge in [-0.25, -0.2) is 4.79 Å². The summed E-state index contributed by atoms with van der Waals surface area (Å²) >= 11 is 0. The van der Waals surface area contributed by atoms with Crippen molar-refractivity contribution in [3.63, 3.8) is 0 Å². The van der Waals surface area contributed by atoms with E-state index in [9.17, 15) is 9.59 Å². The Morgan fingerprint density at radius 3 is 2.42 bits per heavy atom. The minimum atomic E-state index is -0.860. The first-order chi connectivity index (χ1) is 9.15. The van der Waals surface area contributed by atoms with Crippen LogP contribution in [0.1, 0.15) is 11.5 Å². The fraction of sp³-hybridized carbons (Fsp3) is 0.0667. The molecule has 1 atom stereocenters. The zero-order valence-corrected chi connectivity index (χ0v) is 10.5. The number of carbonyl (C=O) groups is 2. The molecule has 0 aliphatic rings. The number of nitrogens with two attached hydrogens (primary N) is 1. The quantitative estimate of drug-likeness (QED) is 0.793. The molecule has 1 aromatic carbocycles. The van der Waals surface area contributed by atoms with E-state index < -0.39 is 17.9 Å². The number of imide groups is 1. The number of carbonyl (C=O) groups excluding carboxylic acids is 2. The lowest BCUT2D eigenvalue weighted by Crippen LogP contribution is -2.37. The smallest absolute Gasteiger partial charge is 0.318 e. The number of urea groups is 1. The van der Waals surface area contributed by atoms with E-state index in [0.717, 1.165) is 5.56 Å². The monoisotopic (exact) mass is 256 g/mol. The third-order valence-electron chi connectivity index (χ3n) is 2.35. The van der Waals surface area contributed by atoms with Crippen molar-refractivity contribution in [2.45, 2.75) is 5.92 Å². The van der Waals surface area contributed by atoms with Gasteiger partial charge in [-0.15, -0.1) is 0 Å². The molecule has 3 N–H and O–H groups in total. The van der Waals surface area contributed by atoms with E-state index in [1.807, 2.05) is 30.3 Å². The maximum absolute atomic E-state index is 11.9. The van der Waals surface area contributed by atoms with Crippen LogP contribution in [-0.4, -0.2) is 11.9 Å². The number of hydrogen-bond acceptors (Lipinski definition) is 2. The Morgan fingerprint density at radius 1 is 1.16 bits per heavy atom. The minimum absolute atomic E-state index is 0.457. The first-order valence-corrected chi connectivity index (χ1v) is 5.76. The van der Waals surface area contributed by atoms with Crippen LogP contribution in [0.3, 0.4) is 0 Å². The van der Waals surface area contributed by atoms with Crippen LogP contribution in [0, 0.1) is 0 Å². The van der Waals surface area contributed by atoms with Crippen molar-refractivity contribution in [2.24, 2.45) is 5.73 Å². The van der Waals surface area contributed by atoms with Gasteiger partial charge in [0.1, 0.15) is 0 Å². The predicted molar refractivity (Wildman–Crippen MR) is 75.4 cm³/mol. The summed E-state index contributed by atoms with van der Waals surface area (Å²) < 4.78 is 0. The molecule has 4 nitrogen and oxygen atoms in total. The topological polar surface area (TPSA) is 72.2 Å². The highest BCUT2D eigenvalue weighted by molar-refractivity contribution is 5.98. The molecule has 0 aliphatic carbocycles. The van der Waals surface area contributed by atoms with Crippen LogP contribution in [0.5, 0.6) is 0 Å². The highest BCUT2D eigenvalue weighted by Crippen LogP contribution is 2.17. The molecular formula is C15H16N2O2. The van der Waals surface area contributed by atoms with Crippen LogP contribution in [0.4, 0.5) is 4.79 Å². The zero-order valence-electron chi connectivity index (χ0n) is 10.5. The lowest BCUT2D eigenvalue weighted by Gasteiger charge is -2.11. The molecule has 19 heavy (non-hydrogen) atoms. The SMILES string of the molecule is C=C/C=C\C=C/C(C(=O)NC(N)=O)c1ccccc1. The Labute approximate surface area is 112 Å². The number of amides is 3. The van der Waals surface area contributed by atoms with Crippen molar-refractivity contribution in [2.75, 3.05) is 0 Å². The fourth-order valence-electron chi connectivity index (χ4n) is 1.53. The van der Waals surface area contributed by atoms with E-state index >= 15 is 0 Å². The van der Waals surface area contributed by atoms with E-state index in [1.54, 1.807) is 30.4 Å². The van der Waals surface area contributed by atoms with Gasteiger partial charge in [-0.1, -0.05) is 67.3 Å². The minimum Gasteiger partial charge on any atom is -0.351 e. The summed E-state index contributed by atoms with van der Waals surface area (Å²) in [4.78, 5) is 22.7. The van der Waals surface area contributed by atoms with Gasteiger partial charge in [0.25, 0.3) is 0 Å². The molecule has 1 rings (SSSR count). The number of allylic oxidation sites excluding steroid dienone is 4. The number of benzene rings is 1. The first kappa shape index (κ1) is 14.4. The average molecular weight is 256 g/mol. The van der Waals surface area contributed by atoms with Crippen LogP contribution in [0.25, 0.3) is 0 Å². The van der Waals surface area contributed by atoms with Gasteiger partial charge in [0, 0.05) is 0 Å². The second kappa shape index (κ2) is 7.66. The standard InChI is InChI=1S/C15H16N2O2/c1-2-3-4-8-11-13(14(18)17-15(16)19)12-9-6-5-7-10-12/h2-11,13H,1H2,(H3,16,17,18,19)/b4-3-,11-8-. The van der Waals surface area contributed by atoms with Gasteiger partial charge in [-0.3, -0.25) is 10.1 Å². The van der Waals surface area contributed by atoms with Gasteiger partial charge >= 0.3 is 6.03 Å². The van der Waals surface area contributed by atoms with Crippen LogP contribution in [0.2, 0.25) is 0 Å². The van der Waals surface area contributed by atoms with Crippen molar-refractivity contribution < 1.29 is 9.59 Å². The number of rotatable bonds is 5. The molecule has 0 saturated carbocycles. The molecule has 4 heteroatoms. The van der Waals surface area contributed by atoms with E-state index in [4.69, 9.17) is 5.73 Å². The fourth-order valence-corrected chi connectivity index (χ4v) is 1.53. The van der Waals surface area contributed by atoms with Crippen molar-refractivity contribution in [1.82, 2.24) is 5.32 Å². The van der Waals surface area contributed by atoms with Gasteiger partial charge < -0.3 is 5.73 Å². The summed E-state index contributed by atoms with van der Waals surface area (Å²) in [6, 6.07) is 8.27. The number of primary amides is 1. The largest absolute Gasteiger partial charge is 0.351 e. The summed E-state index contributed by atoms with van der Waals surface area (Å²) in [7, 11) is 0. The second-order valence-corrected chi connectivity index (χ2v) is 3.75. The molecule has 3 amide bonds. The van der Waals surface area contributed by atoms with Crippen molar-refractivity contribution in [3.8, 4) is 0 Å². The maximum Gasteiger partial charge on any atom is 0.318 e. The molecule has 0 aliphatic heterocycles. The molecule has 0 aromatic heterocycles. The molecule has 0 fully saturated rings. The molecule has 98 valence electrons. The third kappa shape index (κ3) is 5.04. The molecule has 0 heterocycles. The Bertz CT molecular complexity index is 504. The third-order valence-corrected chi connectivity index (χ3v) is 2.35. The molecular weight excluding hydrogens is 240 g/mol. The lowest BCUT2D eigenvalue weighted by atomic mass is 9.97. The van der Waals surface area contributed by atoms with Crippen molar-refractivity contribution >= 4 is 11.9 Å².